The summed E-state index contributed by atoms with van der Waals surface area (Å²) in [5.74, 6) is 1.97. The van der Waals surface area contributed by atoms with Gasteiger partial charge in [0.05, 0.1) is 10.2 Å². The summed E-state index contributed by atoms with van der Waals surface area (Å²) in [6.07, 6.45) is 5.79. The standard InChI is InChI=1S/C15H18N2S/c1-2-4-14-12(3-1)17-15(18-14)9-16-13-8-10-5-6-11(13)7-10/h1-4,10-11,13,16H,5-9H2. The van der Waals surface area contributed by atoms with Crippen LogP contribution in [-0.2, 0) is 6.54 Å². The van der Waals surface area contributed by atoms with E-state index in [0.717, 1.165) is 29.9 Å². The molecule has 1 aromatic carbocycles. The molecule has 1 N–H and O–H groups in total. The van der Waals surface area contributed by atoms with Gasteiger partial charge in [0.1, 0.15) is 5.01 Å². The van der Waals surface area contributed by atoms with Crippen molar-refractivity contribution in [3.05, 3.63) is 29.3 Å². The number of thiazole rings is 1. The Morgan fingerprint density at radius 3 is 2.94 bits per heavy atom. The molecule has 3 atom stereocenters. The second-order valence-corrected chi connectivity index (χ2v) is 6.85. The highest BCUT2D eigenvalue weighted by Crippen LogP contribution is 2.44. The van der Waals surface area contributed by atoms with Crippen LogP contribution in [0.25, 0.3) is 10.2 Å². The molecule has 2 fully saturated rings. The lowest BCUT2D eigenvalue weighted by Gasteiger charge is -2.22. The highest BCUT2D eigenvalue weighted by Gasteiger charge is 2.39. The molecule has 18 heavy (non-hydrogen) atoms. The van der Waals surface area contributed by atoms with Crippen LogP contribution < -0.4 is 5.32 Å². The molecule has 3 unspecified atom stereocenters. The van der Waals surface area contributed by atoms with Crippen molar-refractivity contribution in [2.75, 3.05) is 0 Å². The van der Waals surface area contributed by atoms with E-state index in [0.29, 0.717) is 0 Å². The number of hydrogen-bond donors (Lipinski definition) is 1. The number of hydrogen-bond acceptors (Lipinski definition) is 3. The zero-order valence-corrected chi connectivity index (χ0v) is 11.2. The molecule has 2 aliphatic rings. The number of benzene rings is 1. The summed E-state index contributed by atoms with van der Waals surface area (Å²) in [7, 11) is 0. The molecule has 0 saturated heterocycles. The van der Waals surface area contributed by atoms with Crippen molar-refractivity contribution in [2.24, 2.45) is 11.8 Å². The minimum Gasteiger partial charge on any atom is -0.307 e. The molecule has 2 aromatic rings. The Morgan fingerprint density at radius 2 is 2.17 bits per heavy atom. The fourth-order valence-corrected chi connectivity index (χ4v) is 4.63. The van der Waals surface area contributed by atoms with Crippen molar-refractivity contribution in [3.63, 3.8) is 0 Å². The molecular formula is C15H18N2S. The van der Waals surface area contributed by atoms with E-state index in [-0.39, 0.29) is 0 Å². The fraction of sp³-hybridized carbons (Fsp3) is 0.533. The van der Waals surface area contributed by atoms with E-state index in [2.05, 4.69) is 29.6 Å². The third-order valence-corrected chi connectivity index (χ3v) is 5.63. The smallest absolute Gasteiger partial charge is 0.108 e. The highest BCUT2D eigenvalue weighted by atomic mass is 32.1. The van der Waals surface area contributed by atoms with E-state index < -0.39 is 0 Å². The first-order chi connectivity index (χ1) is 8.88. The van der Waals surface area contributed by atoms with Gasteiger partial charge in [-0.15, -0.1) is 11.3 Å². The quantitative estimate of drug-likeness (QED) is 0.910. The summed E-state index contributed by atoms with van der Waals surface area (Å²) in [6.45, 7) is 0.952. The summed E-state index contributed by atoms with van der Waals surface area (Å²) < 4.78 is 1.31. The predicted octanol–water partition coefficient (Wildman–Crippen LogP) is 3.57. The molecule has 0 amide bonds. The van der Waals surface area contributed by atoms with Crippen LogP contribution in [0.2, 0.25) is 0 Å². The number of nitrogens with one attached hydrogen (secondary N) is 1. The molecule has 2 nitrogen and oxygen atoms in total. The second-order valence-electron chi connectivity index (χ2n) is 5.74. The van der Waals surface area contributed by atoms with Crippen molar-refractivity contribution in [3.8, 4) is 0 Å². The number of para-hydroxylation sites is 1. The van der Waals surface area contributed by atoms with Gasteiger partial charge in [-0.05, 0) is 43.2 Å². The van der Waals surface area contributed by atoms with Gasteiger partial charge in [0.25, 0.3) is 0 Å². The molecule has 1 aromatic heterocycles. The van der Waals surface area contributed by atoms with Crippen LogP contribution in [0.5, 0.6) is 0 Å². The van der Waals surface area contributed by atoms with Gasteiger partial charge in [0.15, 0.2) is 0 Å². The van der Waals surface area contributed by atoms with Gasteiger partial charge in [0.2, 0.25) is 0 Å². The Kier molecular flexibility index (Phi) is 2.63. The summed E-state index contributed by atoms with van der Waals surface area (Å²) in [6, 6.07) is 9.18. The van der Waals surface area contributed by atoms with Crippen LogP contribution in [0.4, 0.5) is 0 Å². The average Bonchev–Trinajstić information content (AvgIpc) is 3.10. The van der Waals surface area contributed by atoms with Crippen LogP contribution in [0.15, 0.2) is 24.3 Å². The van der Waals surface area contributed by atoms with E-state index >= 15 is 0 Å². The third-order valence-electron chi connectivity index (χ3n) is 4.59. The number of nitrogens with zero attached hydrogens (tertiary/aromatic N) is 1. The van der Waals surface area contributed by atoms with Gasteiger partial charge in [-0.1, -0.05) is 18.6 Å². The van der Waals surface area contributed by atoms with Crippen molar-refractivity contribution in [1.29, 1.82) is 0 Å². The van der Waals surface area contributed by atoms with E-state index in [1.165, 1.54) is 35.4 Å². The molecule has 0 aliphatic heterocycles. The second kappa shape index (κ2) is 4.32. The fourth-order valence-electron chi connectivity index (χ4n) is 3.71. The Hall–Kier alpha value is -0.930. The maximum Gasteiger partial charge on any atom is 0.108 e. The van der Waals surface area contributed by atoms with E-state index in [4.69, 9.17) is 4.98 Å². The first kappa shape index (κ1) is 10.9. The minimum absolute atomic E-state index is 0.760. The lowest BCUT2D eigenvalue weighted by molar-refractivity contribution is 0.350. The molecule has 0 spiro atoms. The third kappa shape index (κ3) is 1.86. The predicted molar refractivity (Wildman–Crippen MR) is 75.7 cm³/mol. The first-order valence-electron chi connectivity index (χ1n) is 6.96. The summed E-state index contributed by atoms with van der Waals surface area (Å²) in [5, 5.41) is 4.97. The van der Waals surface area contributed by atoms with Gasteiger partial charge in [-0.3, -0.25) is 0 Å². The zero-order chi connectivity index (χ0) is 11.9. The Labute approximate surface area is 111 Å². The Bertz CT molecular complexity index is 529. The number of aromatic nitrogens is 1. The van der Waals surface area contributed by atoms with Crippen LogP contribution in [0, 0.1) is 11.8 Å². The minimum atomic E-state index is 0.760. The van der Waals surface area contributed by atoms with Gasteiger partial charge >= 0.3 is 0 Å². The van der Waals surface area contributed by atoms with E-state index in [1.807, 2.05) is 11.3 Å². The molecule has 2 saturated carbocycles. The average molecular weight is 258 g/mol. The maximum absolute atomic E-state index is 4.69. The molecule has 3 heteroatoms. The van der Waals surface area contributed by atoms with Gasteiger partial charge in [0, 0.05) is 12.6 Å². The van der Waals surface area contributed by atoms with Crippen molar-refractivity contribution >= 4 is 21.6 Å². The molecule has 1 heterocycles. The zero-order valence-electron chi connectivity index (χ0n) is 10.4. The molecule has 4 rings (SSSR count). The van der Waals surface area contributed by atoms with Crippen LogP contribution in [0.1, 0.15) is 30.7 Å². The summed E-state index contributed by atoms with van der Waals surface area (Å²) in [5.41, 5.74) is 1.15. The van der Waals surface area contributed by atoms with E-state index in [9.17, 15) is 0 Å². The molecule has 2 bridgehead atoms. The lowest BCUT2D eigenvalue weighted by Crippen LogP contribution is -2.33. The number of rotatable bonds is 3. The highest BCUT2D eigenvalue weighted by molar-refractivity contribution is 7.18. The van der Waals surface area contributed by atoms with Crippen LogP contribution in [-0.4, -0.2) is 11.0 Å². The monoisotopic (exact) mass is 258 g/mol. The van der Waals surface area contributed by atoms with Gasteiger partial charge < -0.3 is 5.32 Å². The molecule has 94 valence electrons. The lowest BCUT2D eigenvalue weighted by atomic mass is 9.95. The van der Waals surface area contributed by atoms with Gasteiger partial charge in [-0.2, -0.15) is 0 Å². The first-order valence-corrected chi connectivity index (χ1v) is 7.78. The van der Waals surface area contributed by atoms with Crippen LogP contribution in [0.3, 0.4) is 0 Å². The largest absolute Gasteiger partial charge is 0.307 e. The summed E-state index contributed by atoms with van der Waals surface area (Å²) >= 11 is 1.83. The van der Waals surface area contributed by atoms with Crippen molar-refractivity contribution < 1.29 is 0 Å². The van der Waals surface area contributed by atoms with Crippen LogP contribution >= 0.6 is 11.3 Å². The Balaban J connectivity index is 1.45. The van der Waals surface area contributed by atoms with Crippen molar-refractivity contribution in [2.45, 2.75) is 38.3 Å². The normalized spacial score (nSPS) is 30.3. The van der Waals surface area contributed by atoms with E-state index in [1.54, 1.807) is 0 Å². The molecule has 2 aliphatic carbocycles. The SMILES string of the molecule is c1ccc2sc(CNC3CC4CCC3C4)nc2c1. The topological polar surface area (TPSA) is 24.9 Å². The van der Waals surface area contributed by atoms with Gasteiger partial charge in [-0.25, -0.2) is 4.98 Å². The maximum atomic E-state index is 4.69. The molecule has 0 radical (unpaired) electrons. The molecular weight excluding hydrogens is 240 g/mol. The number of fused-ring (bicyclic) bond motifs is 3. The Morgan fingerprint density at radius 1 is 1.22 bits per heavy atom. The van der Waals surface area contributed by atoms with Crippen molar-refractivity contribution in [1.82, 2.24) is 10.3 Å². The summed E-state index contributed by atoms with van der Waals surface area (Å²) in [4.78, 5) is 4.69.